The molecule has 1 aromatic rings. The van der Waals surface area contributed by atoms with Gasteiger partial charge in [0.1, 0.15) is 0 Å². The highest BCUT2D eigenvalue weighted by molar-refractivity contribution is 7.14. The molecule has 116 valence electrons. The Morgan fingerprint density at radius 3 is 2.71 bits per heavy atom. The molecule has 0 fully saturated rings. The van der Waals surface area contributed by atoms with Gasteiger partial charge in [-0.2, -0.15) is 0 Å². The highest BCUT2D eigenvalue weighted by Crippen LogP contribution is 2.25. The van der Waals surface area contributed by atoms with Gasteiger partial charge in [-0.25, -0.2) is 0 Å². The Labute approximate surface area is 131 Å². The summed E-state index contributed by atoms with van der Waals surface area (Å²) in [5.74, 6) is 6.28. The molecule has 0 aromatic carbocycles. The minimum atomic E-state index is -0.0330. The largest absolute Gasteiger partial charge is 0.395 e. The molecule has 21 heavy (non-hydrogen) atoms. The van der Waals surface area contributed by atoms with E-state index < -0.39 is 0 Å². The quantitative estimate of drug-likeness (QED) is 0.839. The summed E-state index contributed by atoms with van der Waals surface area (Å²) < 4.78 is 0. The molecule has 0 saturated carbocycles. The van der Waals surface area contributed by atoms with Crippen LogP contribution in [0.3, 0.4) is 0 Å². The highest BCUT2D eigenvalue weighted by Gasteiger charge is 2.21. The third kappa shape index (κ3) is 5.53. The lowest BCUT2D eigenvalue weighted by Crippen LogP contribution is -2.33. The first-order chi connectivity index (χ1) is 9.75. The van der Waals surface area contributed by atoms with Gasteiger partial charge in [-0.3, -0.25) is 4.79 Å². The minimum absolute atomic E-state index is 0.0330. The Hall–Kier alpha value is -1.31. The molecule has 0 radical (unpaired) electrons. The van der Waals surface area contributed by atoms with Crippen molar-refractivity contribution in [1.82, 2.24) is 5.32 Å². The third-order valence-electron chi connectivity index (χ3n) is 3.63. The molecular formula is C17H25NO2S. The van der Waals surface area contributed by atoms with E-state index in [2.05, 4.69) is 44.9 Å². The van der Waals surface area contributed by atoms with E-state index in [1.807, 2.05) is 13.0 Å². The first kappa shape index (κ1) is 17.7. The molecule has 1 aromatic heterocycles. The van der Waals surface area contributed by atoms with E-state index >= 15 is 0 Å². The number of carbonyl (C=O) groups excluding carboxylic acids is 1. The Kier molecular flexibility index (Phi) is 6.44. The second-order valence-corrected chi connectivity index (χ2v) is 7.43. The number of carbonyl (C=O) groups is 1. The zero-order valence-corrected chi connectivity index (χ0v) is 14.4. The first-order valence-electron chi connectivity index (χ1n) is 7.24. The summed E-state index contributed by atoms with van der Waals surface area (Å²) in [6, 6.07) is 1.88. The molecule has 1 amide bonds. The van der Waals surface area contributed by atoms with E-state index in [4.69, 9.17) is 5.11 Å². The van der Waals surface area contributed by atoms with E-state index in [1.54, 1.807) is 0 Å². The van der Waals surface area contributed by atoms with Gasteiger partial charge >= 0.3 is 0 Å². The van der Waals surface area contributed by atoms with Gasteiger partial charge in [0.05, 0.1) is 16.4 Å². The van der Waals surface area contributed by atoms with Crippen molar-refractivity contribution in [3.05, 3.63) is 21.4 Å². The van der Waals surface area contributed by atoms with Crippen LogP contribution >= 0.6 is 11.3 Å². The maximum atomic E-state index is 12.2. The summed E-state index contributed by atoms with van der Waals surface area (Å²) in [4.78, 5) is 13.8. The van der Waals surface area contributed by atoms with E-state index in [9.17, 15) is 4.79 Å². The maximum absolute atomic E-state index is 12.2. The molecular weight excluding hydrogens is 282 g/mol. The number of aliphatic hydroxyl groups excluding tert-OH is 1. The van der Waals surface area contributed by atoms with Gasteiger partial charge in [-0.15, -0.1) is 11.3 Å². The summed E-state index contributed by atoms with van der Waals surface area (Å²) in [5.41, 5.74) is 1.19. The Balaban J connectivity index is 2.68. The standard InChI is InChI=1S/C17H25NO2S/c1-12-10-15(21-14(12)8-6-7-9-19)16(20)18-11-13(2)17(3,4)5/h10,13,19H,7,9,11H2,1-5H3,(H,18,20). The van der Waals surface area contributed by atoms with Crippen molar-refractivity contribution in [2.75, 3.05) is 13.2 Å². The van der Waals surface area contributed by atoms with Gasteiger partial charge in [-0.05, 0) is 29.9 Å². The smallest absolute Gasteiger partial charge is 0.261 e. The second-order valence-electron chi connectivity index (χ2n) is 6.38. The first-order valence-corrected chi connectivity index (χ1v) is 8.05. The van der Waals surface area contributed by atoms with Crippen LogP contribution in [0.5, 0.6) is 0 Å². The molecule has 0 bridgehead atoms. The maximum Gasteiger partial charge on any atom is 0.261 e. The van der Waals surface area contributed by atoms with Gasteiger partial charge in [0, 0.05) is 13.0 Å². The fourth-order valence-electron chi connectivity index (χ4n) is 1.56. The number of thiophene rings is 1. The zero-order chi connectivity index (χ0) is 16.0. The Bertz CT molecular complexity index is 543. The van der Waals surface area contributed by atoms with Gasteiger partial charge in [0.15, 0.2) is 0 Å². The van der Waals surface area contributed by atoms with Crippen molar-refractivity contribution < 1.29 is 9.90 Å². The van der Waals surface area contributed by atoms with Gasteiger partial charge in [0.25, 0.3) is 5.91 Å². The lowest BCUT2D eigenvalue weighted by molar-refractivity contribution is 0.0941. The number of hydrogen-bond acceptors (Lipinski definition) is 3. The number of nitrogens with one attached hydrogen (secondary N) is 1. The molecule has 0 aliphatic heterocycles. The van der Waals surface area contributed by atoms with Crippen molar-refractivity contribution in [2.45, 2.75) is 41.0 Å². The van der Waals surface area contributed by atoms with Crippen LogP contribution in [-0.4, -0.2) is 24.2 Å². The van der Waals surface area contributed by atoms with E-state index in [1.165, 1.54) is 11.3 Å². The molecule has 1 rings (SSSR count). The molecule has 0 spiro atoms. The minimum Gasteiger partial charge on any atom is -0.395 e. The predicted octanol–water partition coefficient (Wildman–Crippen LogP) is 3.20. The fraction of sp³-hybridized carbons (Fsp3) is 0.588. The molecule has 1 unspecified atom stereocenters. The van der Waals surface area contributed by atoms with Gasteiger partial charge in [-0.1, -0.05) is 39.5 Å². The van der Waals surface area contributed by atoms with Crippen LogP contribution in [0.15, 0.2) is 6.07 Å². The van der Waals surface area contributed by atoms with Crippen molar-refractivity contribution >= 4 is 17.2 Å². The van der Waals surface area contributed by atoms with Crippen molar-refractivity contribution in [2.24, 2.45) is 11.3 Å². The zero-order valence-electron chi connectivity index (χ0n) is 13.5. The van der Waals surface area contributed by atoms with Crippen LogP contribution in [0.1, 0.15) is 54.2 Å². The third-order valence-corrected chi connectivity index (χ3v) is 4.78. The summed E-state index contributed by atoms with van der Waals surface area (Å²) >= 11 is 1.41. The van der Waals surface area contributed by atoms with E-state index in [0.717, 1.165) is 10.4 Å². The molecule has 2 N–H and O–H groups in total. The van der Waals surface area contributed by atoms with Gasteiger partial charge in [0.2, 0.25) is 0 Å². The monoisotopic (exact) mass is 307 g/mol. The van der Waals surface area contributed by atoms with Crippen LogP contribution in [0.2, 0.25) is 0 Å². The normalized spacial score (nSPS) is 12.5. The van der Waals surface area contributed by atoms with Gasteiger partial charge < -0.3 is 10.4 Å². The predicted molar refractivity (Wildman–Crippen MR) is 88.6 cm³/mol. The summed E-state index contributed by atoms with van der Waals surface area (Å²) in [6.07, 6.45) is 0.460. The topological polar surface area (TPSA) is 49.3 Å². The van der Waals surface area contributed by atoms with Crippen LogP contribution in [0.4, 0.5) is 0 Å². The van der Waals surface area contributed by atoms with Crippen LogP contribution < -0.4 is 5.32 Å². The molecule has 1 atom stereocenters. The van der Waals surface area contributed by atoms with E-state index in [0.29, 0.717) is 23.8 Å². The highest BCUT2D eigenvalue weighted by atomic mass is 32.1. The molecule has 1 heterocycles. The average molecular weight is 307 g/mol. The van der Waals surface area contributed by atoms with E-state index in [-0.39, 0.29) is 17.9 Å². The molecule has 3 nitrogen and oxygen atoms in total. The van der Waals surface area contributed by atoms with Crippen LogP contribution in [0, 0.1) is 30.1 Å². The number of rotatable bonds is 4. The van der Waals surface area contributed by atoms with Crippen molar-refractivity contribution in [1.29, 1.82) is 0 Å². The number of hydrogen-bond donors (Lipinski definition) is 2. The summed E-state index contributed by atoms with van der Waals surface area (Å²) in [6.45, 7) is 11.4. The van der Waals surface area contributed by atoms with Crippen LogP contribution in [0.25, 0.3) is 0 Å². The van der Waals surface area contributed by atoms with Crippen LogP contribution in [-0.2, 0) is 0 Å². The summed E-state index contributed by atoms with van der Waals surface area (Å²) in [7, 11) is 0. The second kappa shape index (κ2) is 7.63. The molecule has 4 heteroatoms. The van der Waals surface area contributed by atoms with Crippen molar-refractivity contribution in [3.8, 4) is 11.8 Å². The van der Waals surface area contributed by atoms with Crippen molar-refractivity contribution in [3.63, 3.8) is 0 Å². The summed E-state index contributed by atoms with van der Waals surface area (Å²) in [5, 5.41) is 11.7. The Morgan fingerprint density at radius 1 is 1.48 bits per heavy atom. The fourth-order valence-corrected chi connectivity index (χ4v) is 2.52. The number of aliphatic hydroxyl groups is 1. The lowest BCUT2D eigenvalue weighted by atomic mass is 9.82. The SMILES string of the molecule is Cc1cc(C(=O)NCC(C)C(C)(C)C)sc1C#CCCO. The average Bonchev–Trinajstić information content (AvgIpc) is 2.76. The molecule has 0 aliphatic rings. The molecule has 0 aliphatic carbocycles. The number of aryl methyl sites for hydroxylation is 1. The lowest BCUT2D eigenvalue weighted by Gasteiger charge is -2.27. The molecule has 0 saturated heterocycles. The number of amides is 1. The Morgan fingerprint density at radius 2 is 2.14 bits per heavy atom.